The van der Waals surface area contributed by atoms with Crippen LogP contribution in [0.15, 0.2) is 12.1 Å². The topological polar surface area (TPSA) is 49.3 Å². The molecule has 0 saturated carbocycles. The van der Waals surface area contributed by atoms with Gasteiger partial charge in [-0.25, -0.2) is 8.78 Å². The van der Waals surface area contributed by atoms with Gasteiger partial charge in [0, 0.05) is 11.6 Å². The molecule has 0 aliphatic carbocycles. The Bertz CT molecular complexity index is 392. The van der Waals surface area contributed by atoms with Crippen LogP contribution < -0.4 is 5.32 Å². The summed E-state index contributed by atoms with van der Waals surface area (Å²) in [5.74, 6) is -2.44. The van der Waals surface area contributed by atoms with Crippen LogP contribution in [-0.2, 0) is 4.79 Å². The quantitative estimate of drug-likeness (QED) is 0.632. The van der Waals surface area contributed by atoms with Crippen LogP contribution in [0.3, 0.4) is 0 Å². The van der Waals surface area contributed by atoms with E-state index in [0.717, 1.165) is 6.07 Å². The van der Waals surface area contributed by atoms with Crippen LogP contribution in [0.25, 0.3) is 0 Å². The van der Waals surface area contributed by atoms with Gasteiger partial charge >= 0.3 is 0 Å². The molecule has 13 heavy (non-hydrogen) atoms. The number of benzene rings is 1. The summed E-state index contributed by atoms with van der Waals surface area (Å²) in [6, 6.07) is 1.59. The fourth-order valence-corrected chi connectivity index (χ4v) is 1.30. The minimum Gasteiger partial charge on any atom is -0.378 e. The van der Waals surface area contributed by atoms with Crippen LogP contribution >= 0.6 is 0 Å². The monoisotopic (exact) mass is 185 g/mol. The van der Waals surface area contributed by atoms with E-state index in [1.165, 1.54) is 0 Å². The molecule has 1 heterocycles. The zero-order chi connectivity index (χ0) is 9.59. The fraction of sp³-hybridized carbons (Fsp3) is 0.125. The second kappa shape index (κ2) is 2.50. The Morgan fingerprint density at radius 3 is 2.77 bits per heavy atom. The number of carbonyl (C=O) groups excluding carboxylic acids is 1. The number of rotatable bonds is 0. The molecule has 5 heteroatoms. The first-order chi connectivity index (χ1) is 6.09. The summed E-state index contributed by atoms with van der Waals surface area (Å²) in [6.45, 7) is 0. The van der Waals surface area contributed by atoms with Crippen LogP contribution in [0.5, 0.6) is 0 Å². The van der Waals surface area contributed by atoms with Crippen molar-refractivity contribution < 1.29 is 18.7 Å². The van der Waals surface area contributed by atoms with Gasteiger partial charge in [-0.3, -0.25) is 4.79 Å². The van der Waals surface area contributed by atoms with E-state index in [0.29, 0.717) is 6.07 Å². The van der Waals surface area contributed by atoms with Crippen molar-refractivity contribution in [1.29, 1.82) is 0 Å². The molecule has 0 radical (unpaired) electrons. The molecular formula is C8H5F2NO2. The normalized spacial score (nSPS) is 19.9. The van der Waals surface area contributed by atoms with Gasteiger partial charge in [0.15, 0.2) is 6.10 Å². The van der Waals surface area contributed by atoms with Gasteiger partial charge in [0.1, 0.15) is 11.6 Å². The van der Waals surface area contributed by atoms with Gasteiger partial charge < -0.3 is 10.4 Å². The highest BCUT2D eigenvalue weighted by molar-refractivity contribution is 6.01. The number of anilines is 1. The van der Waals surface area contributed by atoms with Crippen LogP contribution in [0.4, 0.5) is 14.5 Å². The van der Waals surface area contributed by atoms with Crippen LogP contribution in [0, 0.1) is 11.6 Å². The van der Waals surface area contributed by atoms with Crippen LogP contribution in [0.2, 0.25) is 0 Å². The summed E-state index contributed by atoms with van der Waals surface area (Å²) in [5, 5.41) is 11.3. The first-order valence-corrected chi connectivity index (χ1v) is 3.57. The Morgan fingerprint density at radius 1 is 1.38 bits per heavy atom. The minimum atomic E-state index is -1.53. The molecule has 0 fully saturated rings. The van der Waals surface area contributed by atoms with E-state index in [1.54, 1.807) is 0 Å². The predicted molar refractivity (Wildman–Crippen MR) is 39.9 cm³/mol. The predicted octanol–water partition coefficient (Wildman–Crippen LogP) is 0.950. The zero-order valence-electron chi connectivity index (χ0n) is 6.34. The molecule has 2 N–H and O–H groups in total. The summed E-state index contributed by atoms with van der Waals surface area (Å²) in [4.78, 5) is 10.8. The summed E-state index contributed by atoms with van der Waals surface area (Å²) >= 11 is 0. The lowest BCUT2D eigenvalue weighted by Crippen LogP contribution is -2.11. The van der Waals surface area contributed by atoms with E-state index in [1.807, 2.05) is 0 Å². The van der Waals surface area contributed by atoms with Crippen molar-refractivity contribution in [3.63, 3.8) is 0 Å². The second-order valence-corrected chi connectivity index (χ2v) is 2.74. The number of fused-ring (bicyclic) bond motifs is 1. The summed E-state index contributed by atoms with van der Waals surface area (Å²) in [5.41, 5.74) is -0.193. The Hall–Kier alpha value is -1.49. The molecule has 0 aromatic heterocycles. The van der Waals surface area contributed by atoms with E-state index in [4.69, 9.17) is 5.11 Å². The molecule has 0 saturated heterocycles. The minimum absolute atomic E-state index is 0.00463. The Kier molecular flexibility index (Phi) is 1.56. The lowest BCUT2D eigenvalue weighted by atomic mass is 10.1. The van der Waals surface area contributed by atoms with Gasteiger partial charge in [0.2, 0.25) is 0 Å². The largest absolute Gasteiger partial charge is 0.378 e. The molecule has 2 rings (SSSR count). The Labute approximate surface area is 72.0 Å². The van der Waals surface area contributed by atoms with Gasteiger partial charge in [-0.05, 0) is 6.07 Å². The Morgan fingerprint density at radius 2 is 2.08 bits per heavy atom. The van der Waals surface area contributed by atoms with Crippen molar-refractivity contribution in [3.05, 3.63) is 29.3 Å². The molecule has 1 atom stereocenters. The Balaban J connectivity index is 2.64. The molecule has 68 valence electrons. The van der Waals surface area contributed by atoms with Crippen LogP contribution in [0.1, 0.15) is 11.7 Å². The first kappa shape index (κ1) is 8.12. The van der Waals surface area contributed by atoms with Gasteiger partial charge in [-0.15, -0.1) is 0 Å². The van der Waals surface area contributed by atoms with Crippen molar-refractivity contribution in [1.82, 2.24) is 0 Å². The molecule has 1 amide bonds. The molecule has 0 spiro atoms. The van der Waals surface area contributed by atoms with Gasteiger partial charge in [0.05, 0.1) is 5.69 Å². The highest BCUT2D eigenvalue weighted by atomic mass is 19.1. The van der Waals surface area contributed by atoms with E-state index in [2.05, 4.69) is 5.32 Å². The molecule has 1 aromatic carbocycles. The molecule has 0 bridgehead atoms. The lowest BCUT2D eigenvalue weighted by molar-refractivity contribution is -0.123. The maximum Gasteiger partial charge on any atom is 0.258 e. The van der Waals surface area contributed by atoms with Crippen molar-refractivity contribution in [3.8, 4) is 0 Å². The molecular weight excluding hydrogens is 180 g/mol. The number of carbonyl (C=O) groups is 1. The smallest absolute Gasteiger partial charge is 0.258 e. The zero-order valence-corrected chi connectivity index (χ0v) is 6.34. The number of nitrogens with one attached hydrogen (secondary N) is 1. The summed E-state index contributed by atoms with van der Waals surface area (Å²) < 4.78 is 25.6. The third-order valence-corrected chi connectivity index (χ3v) is 1.87. The molecule has 1 aliphatic heterocycles. The van der Waals surface area contributed by atoms with Gasteiger partial charge in [-0.1, -0.05) is 0 Å². The van der Waals surface area contributed by atoms with Crippen molar-refractivity contribution in [2.24, 2.45) is 0 Å². The first-order valence-electron chi connectivity index (χ1n) is 3.57. The summed E-state index contributed by atoms with van der Waals surface area (Å²) in [6.07, 6.45) is -1.53. The maximum atomic E-state index is 13.0. The second-order valence-electron chi connectivity index (χ2n) is 2.74. The highest BCUT2D eigenvalue weighted by Crippen LogP contribution is 2.33. The number of hydrogen-bond acceptors (Lipinski definition) is 2. The van der Waals surface area contributed by atoms with Gasteiger partial charge in [-0.2, -0.15) is 0 Å². The molecule has 1 aromatic rings. The standard InChI is InChI=1S/C8H5F2NO2/c9-3-1-4(10)6-5(2-3)11-8(13)7(6)12/h1-2,7,12H,(H,11,13). The number of amides is 1. The lowest BCUT2D eigenvalue weighted by Gasteiger charge is -2.01. The number of halogens is 2. The van der Waals surface area contributed by atoms with Crippen molar-refractivity contribution in [2.45, 2.75) is 6.10 Å². The molecule has 1 unspecified atom stereocenters. The highest BCUT2D eigenvalue weighted by Gasteiger charge is 2.32. The number of aliphatic hydroxyl groups is 1. The van der Waals surface area contributed by atoms with Crippen molar-refractivity contribution in [2.75, 3.05) is 5.32 Å². The fourth-order valence-electron chi connectivity index (χ4n) is 1.30. The third kappa shape index (κ3) is 1.08. The average Bonchev–Trinajstić information content (AvgIpc) is 2.27. The van der Waals surface area contributed by atoms with Gasteiger partial charge in [0.25, 0.3) is 5.91 Å². The third-order valence-electron chi connectivity index (χ3n) is 1.87. The molecule has 1 aliphatic rings. The van der Waals surface area contributed by atoms with E-state index in [9.17, 15) is 13.6 Å². The van der Waals surface area contributed by atoms with Crippen molar-refractivity contribution >= 4 is 11.6 Å². The van der Waals surface area contributed by atoms with E-state index >= 15 is 0 Å². The number of aliphatic hydroxyl groups excluding tert-OH is 1. The SMILES string of the molecule is O=C1Nc2cc(F)cc(F)c2C1O. The number of hydrogen-bond donors (Lipinski definition) is 2. The van der Waals surface area contributed by atoms with E-state index < -0.39 is 23.6 Å². The summed E-state index contributed by atoms with van der Waals surface area (Å²) in [7, 11) is 0. The average molecular weight is 185 g/mol. The van der Waals surface area contributed by atoms with Crippen LogP contribution in [-0.4, -0.2) is 11.0 Å². The maximum absolute atomic E-state index is 13.0. The molecule has 3 nitrogen and oxygen atoms in total. The van der Waals surface area contributed by atoms with E-state index in [-0.39, 0.29) is 11.3 Å².